The standard InChI is InChI=1S/C22H26N6O4/c29-20(6-3-9-28-21(30)17-4-1-2-5-18(17)22(28)31)24-8-7-23-19-14-16(15-25-26-19)27-10-12-32-13-11-27/h1-2,4-5,14-15H,3,6-13H2,(H,23,26)(H,24,29). The van der Waals surface area contributed by atoms with Gasteiger partial charge in [0.25, 0.3) is 11.8 Å². The predicted octanol–water partition coefficient (Wildman–Crippen LogP) is 0.918. The lowest BCUT2D eigenvalue weighted by Gasteiger charge is -2.28. The van der Waals surface area contributed by atoms with Crippen LogP contribution in [0.3, 0.4) is 0 Å². The molecule has 3 amide bonds. The molecular formula is C22H26N6O4. The highest BCUT2D eigenvalue weighted by atomic mass is 16.5. The number of ether oxygens (including phenoxy) is 1. The van der Waals surface area contributed by atoms with Crippen LogP contribution in [0.15, 0.2) is 36.5 Å². The van der Waals surface area contributed by atoms with E-state index in [1.165, 1.54) is 4.90 Å². The van der Waals surface area contributed by atoms with Crippen molar-refractivity contribution in [2.24, 2.45) is 0 Å². The first kappa shape index (κ1) is 21.7. The normalized spacial score (nSPS) is 15.6. The van der Waals surface area contributed by atoms with Gasteiger partial charge in [-0.1, -0.05) is 12.1 Å². The quantitative estimate of drug-likeness (QED) is 0.439. The van der Waals surface area contributed by atoms with Crippen molar-refractivity contribution in [2.45, 2.75) is 12.8 Å². The highest BCUT2D eigenvalue weighted by Crippen LogP contribution is 2.22. The van der Waals surface area contributed by atoms with E-state index in [0.29, 0.717) is 49.7 Å². The molecule has 1 aromatic heterocycles. The average Bonchev–Trinajstić information content (AvgIpc) is 3.08. The number of fused-ring (bicyclic) bond motifs is 1. The van der Waals surface area contributed by atoms with Crippen LogP contribution in [0.2, 0.25) is 0 Å². The number of hydrogen-bond acceptors (Lipinski definition) is 8. The molecule has 1 saturated heterocycles. The number of rotatable bonds is 9. The van der Waals surface area contributed by atoms with Gasteiger partial charge in [0, 0.05) is 45.2 Å². The zero-order valence-corrected chi connectivity index (χ0v) is 17.7. The summed E-state index contributed by atoms with van der Waals surface area (Å²) in [4.78, 5) is 40.2. The fourth-order valence-corrected chi connectivity index (χ4v) is 3.76. The molecule has 0 aliphatic carbocycles. The number of aromatic nitrogens is 2. The topological polar surface area (TPSA) is 117 Å². The first-order valence-electron chi connectivity index (χ1n) is 10.7. The lowest BCUT2D eigenvalue weighted by atomic mass is 10.1. The van der Waals surface area contributed by atoms with E-state index in [0.717, 1.165) is 18.8 Å². The molecule has 0 atom stereocenters. The van der Waals surface area contributed by atoms with Gasteiger partial charge < -0.3 is 20.3 Å². The van der Waals surface area contributed by atoms with Gasteiger partial charge in [-0.05, 0) is 18.6 Å². The lowest BCUT2D eigenvalue weighted by molar-refractivity contribution is -0.121. The van der Waals surface area contributed by atoms with E-state index in [2.05, 4.69) is 25.7 Å². The Kier molecular flexibility index (Phi) is 6.90. The van der Waals surface area contributed by atoms with Gasteiger partial charge in [-0.25, -0.2) is 0 Å². The smallest absolute Gasteiger partial charge is 0.261 e. The second-order valence-corrected chi connectivity index (χ2v) is 7.59. The van der Waals surface area contributed by atoms with Crippen LogP contribution in [0.4, 0.5) is 11.5 Å². The Balaban J connectivity index is 1.14. The van der Waals surface area contributed by atoms with Gasteiger partial charge in [0.05, 0.1) is 36.2 Å². The van der Waals surface area contributed by atoms with Crippen molar-refractivity contribution in [2.75, 3.05) is 56.2 Å². The fraction of sp³-hybridized carbons (Fsp3) is 0.409. The minimum Gasteiger partial charge on any atom is -0.378 e. The molecule has 0 unspecified atom stereocenters. The molecule has 10 heteroatoms. The van der Waals surface area contributed by atoms with E-state index in [-0.39, 0.29) is 30.7 Å². The van der Waals surface area contributed by atoms with Crippen LogP contribution in [0.1, 0.15) is 33.6 Å². The Morgan fingerprint density at radius 3 is 2.50 bits per heavy atom. The molecule has 2 N–H and O–H groups in total. The van der Waals surface area contributed by atoms with Crippen molar-refractivity contribution in [3.63, 3.8) is 0 Å². The third kappa shape index (κ3) is 5.02. The number of nitrogens with one attached hydrogen (secondary N) is 2. The average molecular weight is 438 g/mol. The van der Waals surface area contributed by atoms with Gasteiger partial charge in [0.1, 0.15) is 0 Å². The summed E-state index contributed by atoms with van der Waals surface area (Å²) in [5.41, 5.74) is 1.84. The molecule has 168 valence electrons. The summed E-state index contributed by atoms with van der Waals surface area (Å²) in [6.07, 6.45) is 2.38. The van der Waals surface area contributed by atoms with Crippen LogP contribution in [0.5, 0.6) is 0 Å². The number of nitrogens with zero attached hydrogens (tertiary/aromatic N) is 4. The summed E-state index contributed by atoms with van der Waals surface area (Å²) < 4.78 is 5.37. The van der Waals surface area contributed by atoms with E-state index in [4.69, 9.17) is 4.74 Å². The molecule has 10 nitrogen and oxygen atoms in total. The van der Waals surface area contributed by atoms with Crippen molar-refractivity contribution in [1.82, 2.24) is 20.4 Å². The number of hydrogen-bond donors (Lipinski definition) is 2. The Morgan fingerprint density at radius 2 is 1.78 bits per heavy atom. The molecule has 32 heavy (non-hydrogen) atoms. The van der Waals surface area contributed by atoms with Crippen molar-refractivity contribution in [3.05, 3.63) is 47.7 Å². The molecule has 2 aliphatic heterocycles. The van der Waals surface area contributed by atoms with Crippen LogP contribution >= 0.6 is 0 Å². The molecule has 1 fully saturated rings. The van der Waals surface area contributed by atoms with Gasteiger partial charge in [-0.2, -0.15) is 5.10 Å². The summed E-state index contributed by atoms with van der Waals surface area (Å²) in [7, 11) is 0. The van der Waals surface area contributed by atoms with Gasteiger partial charge >= 0.3 is 0 Å². The van der Waals surface area contributed by atoms with Crippen LogP contribution in [-0.2, 0) is 9.53 Å². The monoisotopic (exact) mass is 438 g/mol. The minimum absolute atomic E-state index is 0.128. The number of imide groups is 1. The van der Waals surface area contributed by atoms with Gasteiger partial charge in [-0.15, -0.1) is 5.10 Å². The van der Waals surface area contributed by atoms with E-state index in [1.807, 2.05) is 6.07 Å². The van der Waals surface area contributed by atoms with E-state index < -0.39 is 0 Å². The highest BCUT2D eigenvalue weighted by Gasteiger charge is 2.34. The predicted molar refractivity (Wildman–Crippen MR) is 118 cm³/mol. The Labute approximate surface area is 185 Å². The number of carbonyl (C=O) groups excluding carboxylic acids is 3. The first-order chi connectivity index (χ1) is 15.6. The van der Waals surface area contributed by atoms with Crippen LogP contribution in [0, 0.1) is 0 Å². The van der Waals surface area contributed by atoms with E-state index in [1.54, 1.807) is 30.5 Å². The number of benzene rings is 1. The molecule has 2 aliphatic rings. The molecular weight excluding hydrogens is 412 g/mol. The van der Waals surface area contributed by atoms with Crippen LogP contribution in [-0.4, -0.2) is 78.8 Å². The summed E-state index contributed by atoms with van der Waals surface area (Å²) in [6, 6.07) is 8.70. The van der Waals surface area contributed by atoms with Gasteiger partial charge in [0.2, 0.25) is 5.91 Å². The van der Waals surface area contributed by atoms with Crippen molar-refractivity contribution >= 4 is 29.2 Å². The Morgan fingerprint density at radius 1 is 1.06 bits per heavy atom. The molecule has 0 saturated carbocycles. The maximum atomic E-state index is 12.3. The summed E-state index contributed by atoms with van der Waals surface area (Å²) >= 11 is 0. The zero-order chi connectivity index (χ0) is 22.3. The highest BCUT2D eigenvalue weighted by molar-refractivity contribution is 6.21. The lowest BCUT2D eigenvalue weighted by Crippen LogP contribution is -2.36. The van der Waals surface area contributed by atoms with Crippen molar-refractivity contribution in [1.29, 1.82) is 0 Å². The number of carbonyl (C=O) groups is 3. The summed E-state index contributed by atoms with van der Waals surface area (Å²) in [5, 5.41) is 14.1. The van der Waals surface area contributed by atoms with Crippen LogP contribution < -0.4 is 15.5 Å². The Bertz CT molecular complexity index is 957. The largest absolute Gasteiger partial charge is 0.378 e. The van der Waals surface area contributed by atoms with Crippen molar-refractivity contribution in [3.8, 4) is 0 Å². The summed E-state index contributed by atoms with van der Waals surface area (Å²) in [5.74, 6) is -0.0725. The number of morpholine rings is 1. The van der Waals surface area contributed by atoms with Gasteiger partial charge in [-0.3, -0.25) is 19.3 Å². The summed E-state index contributed by atoms with van der Waals surface area (Å²) in [6.45, 7) is 4.20. The van der Waals surface area contributed by atoms with Crippen LogP contribution in [0.25, 0.3) is 0 Å². The maximum absolute atomic E-state index is 12.3. The SMILES string of the molecule is O=C(CCCN1C(=O)c2ccccc2C1=O)NCCNc1cc(N2CCOCC2)cnn1. The molecule has 2 aromatic rings. The first-order valence-corrected chi connectivity index (χ1v) is 10.7. The molecule has 1 aromatic carbocycles. The molecule has 3 heterocycles. The number of anilines is 2. The fourth-order valence-electron chi connectivity index (χ4n) is 3.76. The maximum Gasteiger partial charge on any atom is 0.261 e. The second-order valence-electron chi connectivity index (χ2n) is 7.59. The molecule has 0 bridgehead atoms. The Hall–Kier alpha value is -3.53. The second kappa shape index (κ2) is 10.2. The zero-order valence-electron chi connectivity index (χ0n) is 17.7. The minimum atomic E-state index is -0.296. The van der Waals surface area contributed by atoms with Gasteiger partial charge in [0.15, 0.2) is 5.82 Å². The third-order valence-electron chi connectivity index (χ3n) is 5.43. The third-order valence-corrected chi connectivity index (χ3v) is 5.43. The van der Waals surface area contributed by atoms with Crippen molar-refractivity contribution < 1.29 is 19.1 Å². The number of amides is 3. The van der Waals surface area contributed by atoms with E-state index in [9.17, 15) is 14.4 Å². The van der Waals surface area contributed by atoms with E-state index >= 15 is 0 Å². The molecule has 0 radical (unpaired) electrons. The molecule has 4 rings (SSSR count). The molecule has 0 spiro atoms.